The Bertz CT molecular complexity index is 1140. The molecule has 0 aliphatic heterocycles. The monoisotopic (exact) mass is 421 g/mol. The van der Waals surface area contributed by atoms with Crippen LogP contribution in [0.15, 0.2) is 88.9 Å². The Morgan fingerprint density at radius 3 is 2.23 bits per heavy atom. The number of benzene rings is 3. The fraction of sp³-hybridized carbons (Fsp3) is 0.130. The molecule has 0 aliphatic carbocycles. The number of nitrogens with zero attached hydrogens (tertiary/aromatic N) is 2. The molecule has 3 rings (SSSR count). The quantitative estimate of drug-likeness (QED) is 0.467. The lowest BCUT2D eigenvalue weighted by Gasteiger charge is -2.25. The molecule has 30 heavy (non-hydrogen) atoms. The maximum Gasteiger partial charge on any atom is 0.264 e. The van der Waals surface area contributed by atoms with Crippen LogP contribution in [0.3, 0.4) is 0 Å². The minimum absolute atomic E-state index is 0.116. The number of hydrogen-bond acceptors (Lipinski definition) is 4. The first-order valence-corrected chi connectivity index (χ1v) is 10.8. The molecule has 0 aromatic heterocycles. The average molecular weight is 422 g/mol. The molecule has 0 spiro atoms. The molecule has 0 unspecified atom stereocenters. The van der Waals surface area contributed by atoms with Gasteiger partial charge in [0.25, 0.3) is 15.9 Å². The standard InChI is InChI=1S/C23H23N3O3S/c1-18-13-14-22(19(2)15-18)26(30(28,29)21-11-7-4-8-12-21)17-23(27)25-24-16-20-9-5-3-6-10-20/h3-16H,17H2,1-2H3,(H,25,27). The van der Waals surface area contributed by atoms with E-state index in [9.17, 15) is 13.2 Å². The molecule has 3 aromatic carbocycles. The maximum absolute atomic E-state index is 13.3. The molecular weight excluding hydrogens is 398 g/mol. The zero-order valence-electron chi connectivity index (χ0n) is 16.8. The second-order valence-electron chi connectivity index (χ2n) is 6.82. The first-order chi connectivity index (χ1) is 14.4. The van der Waals surface area contributed by atoms with E-state index in [1.165, 1.54) is 18.3 Å². The van der Waals surface area contributed by atoms with Crippen LogP contribution in [-0.2, 0) is 14.8 Å². The van der Waals surface area contributed by atoms with Crippen LogP contribution in [0.2, 0.25) is 0 Å². The number of anilines is 1. The topological polar surface area (TPSA) is 78.8 Å². The van der Waals surface area contributed by atoms with Crippen LogP contribution >= 0.6 is 0 Å². The van der Waals surface area contributed by atoms with Gasteiger partial charge >= 0.3 is 0 Å². The van der Waals surface area contributed by atoms with E-state index < -0.39 is 22.5 Å². The highest BCUT2D eigenvalue weighted by Gasteiger charge is 2.28. The van der Waals surface area contributed by atoms with Crippen molar-refractivity contribution in [1.29, 1.82) is 0 Å². The van der Waals surface area contributed by atoms with Crippen molar-refractivity contribution in [3.63, 3.8) is 0 Å². The summed E-state index contributed by atoms with van der Waals surface area (Å²) in [7, 11) is -3.94. The van der Waals surface area contributed by atoms with Crippen LogP contribution in [0.25, 0.3) is 0 Å². The van der Waals surface area contributed by atoms with Gasteiger partial charge in [-0.3, -0.25) is 9.10 Å². The molecule has 154 valence electrons. The van der Waals surface area contributed by atoms with Crippen LogP contribution in [0, 0.1) is 13.8 Å². The van der Waals surface area contributed by atoms with E-state index in [-0.39, 0.29) is 4.90 Å². The van der Waals surface area contributed by atoms with Gasteiger partial charge in [0, 0.05) is 0 Å². The Hall–Kier alpha value is -3.45. The highest BCUT2D eigenvalue weighted by molar-refractivity contribution is 7.92. The van der Waals surface area contributed by atoms with E-state index in [1.54, 1.807) is 24.3 Å². The lowest BCUT2D eigenvalue weighted by molar-refractivity contribution is -0.119. The number of hydrogen-bond donors (Lipinski definition) is 1. The van der Waals surface area contributed by atoms with Crippen LogP contribution in [0.1, 0.15) is 16.7 Å². The maximum atomic E-state index is 13.3. The van der Waals surface area contributed by atoms with Gasteiger partial charge in [0.05, 0.1) is 16.8 Å². The van der Waals surface area contributed by atoms with Crippen molar-refractivity contribution in [3.05, 3.63) is 95.6 Å². The van der Waals surface area contributed by atoms with Gasteiger partial charge in [-0.05, 0) is 43.2 Å². The summed E-state index contributed by atoms with van der Waals surface area (Å²) in [5.41, 5.74) is 5.45. The van der Waals surface area contributed by atoms with E-state index in [0.29, 0.717) is 5.69 Å². The summed E-state index contributed by atoms with van der Waals surface area (Å²) in [6.07, 6.45) is 1.51. The molecule has 0 bridgehead atoms. The summed E-state index contributed by atoms with van der Waals surface area (Å²) in [4.78, 5) is 12.7. The van der Waals surface area contributed by atoms with Crippen LogP contribution in [-0.4, -0.2) is 27.1 Å². The summed E-state index contributed by atoms with van der Waals surface area (Å²) in [5.74, 6) is -0.540. The van der Waals surface area contributed by atoms with Crippen molar-refractivity contribution in [2.45, 2.75) is 18.7 Å². The van der Waals surface area contributed by atoms with Crippen molar-refractivity contribution in [2.75, 3.05) is 10.8 Å². The van der Waals surface area contributed by atoms with E-state index >= 15 is 0 Å². The van der Waals surface area contributed by atoms with Crippen molar-refractivity contribution < 1.29 is 13.2 Å². The fourth-order valence-corrected chi connectivity index (χ4v) is 4.49. The van der Waals surface area contributed by atoms with Gasteiger partial charge in [0.2, 0.25) is 0 Å². The highest BCUT2D eigenvalue weighted by Crippen LogP contribution is 2.27. The number of carbonyl (C=O) groups is 1. The first kappa shape index (κ1) is 21.3. The van der Waals surface area contributed by atoms with Gasteiger partial charge in [-0.2, -0.15) is 5.10 Å². The number of hydrazone groups is 1. The van der Waals surface area contributed by atoms with Crippen molar-refractivity contribution >= 4 is 27.8 Å². The molecule has 0 fully saturated rings. The van der Waals surface area contributed by atoms with E-state index in [1.807, 2.05) is 56.3 Å². The third kappa shape index (κ3) is 5.12. The van der Waals surface area contributed by atoms with E-state index in [2.05, 4.69) is 10.5 Å². The SMILES string of the molecule is Cc1ccc(N(CC(=O)NN=Cc2ccccc2)S(=O)(=O)c2ccccc2)c(C)c1. The Labute approximate surface area is 176 Å². The van der Waals surface area contributed by atoms with Gasteiger partial charge in [-0.1, -0.05) is 66.2 Å². The predicted octanol–water partition coefficient (Wildman–Crippen LogP) is 3.65. The van der Waals surface area contributed by atoms with Crippen molar-refractivity contribution in [3.8, 4) is 0 Å². The van der Waals surface area contributed by atoms with Crippen LogP contribution in [0.5, 0.6) is 0 Å². The van der Waals surface area contributed by atoms with Crippen molar-refractivity contribution in [2.24, 2.45) is 5.10 Å². The largest absolute Gasteiger partial charge is 0.271 e. The molecule has 0 saturated heterocycles. The molecular formula is C23H23N3O3S. The summed E-state index contributed by atoms with van der Waals surface area (Å²) in [5, 5.41) is 3.93. The second-order valence-corrected chi connectivity index (χ2v) is 8.68. The van der Waals surface area contributed by atoms with E-state index in [4.69, 9.17) is 0 Å². The third-order valence-electron chi connectivity index (χ3n) is 4.44. The Morgan fingerprint density at radius 1 is 0.967 bits per heavy atom. The van der Waals surface area contributed by atoms with Gasteiger partial charge in [-0.25, -0.2) is 13.8 Å². The number of amides is 1. The predicted molar refractivity (Wildman–Crippen MR) is 119 cm³/mol. The summed E-state index contributed by atoms with van der Waals surface area (Å²) in [6, 6.07) is 22.8. The fourth-order valence-electron chi connectivity index (χ4n) is 2.99. The zero-order chi connectivity index (χ0) is 21.6. The third-order valence-corrected chi connectivity index (χ3v) is 6.22. The summed E-state index contributed by atoms with van der Waals surface area (Å²) < 4.78 is 27.7. The molecule has 0 atom stereocenters. The lowest BCUT2D eigenvalue weighted by Crippen LogP contribution is -2.40. The molecule has 0 radical (unpaired) electrons. The molecule has 0 aliphatic rings. The van der Waals surface area contributed by atoms with Crippen LogP contribution in [0.4, 0.5) is 5.69 Å². The lowest BCUT2D eigenvalue weighted by atomic mass is 10.1. The van der Waals surface area contributed by atoms with Gasteiger partial charge in [0.15, 0.2) is 0 Å². The molecule has 6 nitrogen and oxygen atoms in total. The molecule has 0 saturated carbocycles. The van der Waals surface area contributed by atoms with Gasteiger partial charge in [-0.15, -0.1) is 0 Å². The number of rotatable bonds is 7. The van der Waals surface area contributed by atoms with Crippen LogP contribution < -0.4 is 9.73 Å². The normalized spacial score (nSPS) is 11.4. The zero-order valence-corrected chi connectivity index (χ0v) is 17.6. The van der Waals surface area contributed by atoms with Gasteiger partial charge < -0.3 is 0 Å². The summed E-state index contributed by atoms with van der Waals surface area (Å²) >= 11 is 0. The van der Waals surface area contributed by atoms with E-state index in [0.717, 1.165) is 21.0 Å². The summed E-state index contributed by atoms with van der Waals surface area (Å²) in [6.45, 7) is 3.35. The highest BCUT2D eigenvalue weighted by atomic mass is 32.2. The second kappa shape index (κ2) is 9.37. The number of sulfonamides is 1. The number of aryl methyl sites for hydroxylation is 2. The minimum atomic E-state index is -3.94. The molecule has 7 heteroatoms. The molecule has 1 N–H and O–H groups in total. The smallest absolute Gasteiger partial charge is 0.264 e. The molecule has 0 heterocycles. The van der Waals surface area contributed by atoms with Crippen molar-refractivity contribution in [1.82, 2.24) is 5.43 Å². The average Bonchev–Trinajstić information content (AvgIpc) is 2.74. The first-order valence-electron chi connectivity index (χ1n) is 9.40. The molecule has 3 aromatic rings. The Balaban J connectivity index is 1.88. The van der Waals surface area contributed by atoms with Gasteiger partial charge in [0.1, 0.15) is 6.54 Å². The number of nitrogens with one attached hydrogen (secondary N) is 1. The Kier molecular flexibility index (Phi) is 6.64. The number of carbonyl (C=O) groups excluding carboxylic acids is 1. The molecule has 1 amide bonds. The minimum Gasteiger partial charge on any atom is -0.271 e. The Morgan fingerprint density at radius 2 is 1.60 bits per heavy atom.